The summed E-state index contributed by atoms with van der Waals surface area (Å²) >= 11 is 0. The van der Waals surface area contributed by atoms with Crippen LogP contribution in [0.4, 0.5) is 0 Å². The normalized spacial score (nSPS) is 56.1. The molecule has 0 nitrogen and oxygen atoms in total. The molecule has 0 N–H and O–H groups in total. The molecule has 0 unspecified atom stereocenters. The fraction of sp³-hybridized carbons (Fsp3) is 1.00. The van der Waals surface area contributed by atoms with Gasteiger partial charge in [0, 0.05) is 0 Å². The van der Waals surface area contributed by atoms with Gasteiger partial charge in [0.15, 0.2) is 0 Å². The highest BCUT2D eigenvalue weighted by molar-refractivity contribution is 6.40. The minimum atomic E-state index is 0.645. The smallest absolute Gasteiger partial charge is 0.0655 e. The fourth-order valence-corrected chi connectivity index (χ4v) is 7.21. The van der Waals surface area contributed by atoms with E-state index < -0.39 is 0 Å². The van der Waals surface area contributed by atoms with Crippen molar-refractivity contribution in [3.63, 3.8) is 0 Å². The number of rotatable bonds is 2. The van der Waals surface area contributed by atoms with E-state index in [2.05, 4.69) is 48.8 Å². The molecule has 0 heterocycles. The van der Waals surface area contributed by atoms with Crippen LogP contribution in [0.15, 0.2) is 0 Å². The largest absolute Gasteiger partial charge is 0.118 e. The van der Waals surface area contributed by atoms with E-state index >= 15 is 0 Å². The monoisotopic (exact) mass is 285 g/mol. The molecular formula is C20H34B. The summed E-state index contributed by atoms with van der Waals surface area (Å²) < 4.78 is 0. The van der Waals surface area contributed by atoms with Gasteiger partial charge in [0.05, 0.1) is 0 Å². The Morgan fingerprint density at radius 1 is 0.667 bits per heavy atom. The average molecular weight is 285 g/mol. The van der Waals surface area contributed by atoms with Crippen molar-refractivity contribution >= 4 is 7.28 Å². The van der Waals surface area contributed by atoms with Crippen LogP contribution in [0.25, 0.3) is 0 Å². The molecule has 0 spiro atoms. The molecule has 21 heavy (non-hydrogen) atoms. The number of hydrogen-bond acceptors (Lipinski definition) is 0. The molecule has 6 fully saturated rings. The van der Waals surface area contributed by atoms with Crippen molar-refractivity contribution in [1.82, 2.24) is 0 Å². The van der Waals surface area contributed by atoms with Gasteiger partial charge in [0.25, 0.3) is 0 Å². The molecule has 6 aliphatic rings. The molecule has 0 saturated heterocycles. The predicted octanol–water partition coefficient (Wildman–Crippen LogP) is 5.67. The summed E-state index contributed by atoms with van der Waals surface area (Å²) in [6, 6.07) is 0. The highest BCUT2D eigenvalue weighted by Crippen LogP contribution is 2.68. The van der Waals surface area contributed by atoms with Crippen LogP contribution < -0.4 is 0 Å². The van der Waals surface area contributed by atoms with Crippen molar-refractivity contribution < 1.29 is 0 Å². The maximum absolute atomic E-state index is 2.86. The van der Waals surface area contributed by atoms with Gasteiger partial charge in [0.1, 0.15) is 7.28 Å². The molecule has 1 heteroatoms. The van der Waals surface area contributed by atoms with Crippen LogP contribution in [-0.2, 0) is 0 Å². The highest BCUT2D eigenvalue weighted by atomic mass is 14.6. The summed E-state index contributed by atoms with van der Waals surface area (Å²) in [4.78, 5) is 0. The molecule has 6 rings (SSSR count). The summed E-state index contributed by atoms with van der Waals surface area (Å²) in [6.07, 6.45) is 6.03. The molecule has 6 aliphatic carbocycles. The van der Waals surface area contributed by atoms with Crippen LogP contribution in [0.2, 0.25) is 11.6 Å². The molecule has 0 aromatic carbocycles. The Hall–Kier alpha value is 0.0649. The summed E-state index contributed by atoms with van der Waals surface area (Å²) in [7, 11) is 2.86. The maximum atomic E-state index is 2.86. The summed E-state index contributed by atoms with van der Waals surface area (Å²) in [5.41, 5.74) is 1.29. The van der Waals surface area contributed by atoms with Gasteiger partial charge in [-0.1, -0.05) is 66.0 Å². The van der Waals surface area contributed by atoms with Crippen molar-refractivity contribution in [2.24, 2.45) is 46.3 Å². The van der Waals surface area contributed by atoms with Gasteiger partial charge in [-0.15, -0.1) is 0 Å². The summed E-state index contributed by atoms with van der Waals surface area (Å²) in [6.45, 7) is 15.2. The third-order valence-electron chi connectivity index (χ3n) is 9.32. The van der Waals surface area contributed by atoms with E-state index in [1.807, 2.05) is 0 Å². The van der Waals surface area contributed by atoms with E-state index in [4.69, 9.17) is 0 Å². The van der Waals surface area contributed by atoms with Crippen LogP contribution >= 0.6 is 0 Å². The first-order valence-corrected chi connectivity index (χ1v) is 9.58. The first-order chi connectivity index (χ1) is 9.73. The Bertz CT molecular complexity index is 397. The van der Waals surface area contributed by atoms with E-state index in [9.17, 15) is 0 Å². The number of hydrogen-bond donors (Lipinski definition) is 0. The van der Waals surface area contributed by atoms with Gasteiger partial charge in [-0.25, -0.2) is 0 Å². The van der Waals surface area contributed by atoms with Gasteiger partial charge in [-0.2, -0.15) is 0 Å². The van der Waals surface area contributed by atoms with Crippen molar-refractivity contribution in [2.45, 2.75) is 78.9 Å². The van der Waals surface area contributed by atoms with Crippen LogP contribution in [-0.4, -0.2) is 7.28 Å². The van der Waals surface area contributed by atoms with E-state index in [1.165, 1.54) is 25.7 Å². The Balaban J connectivity index is 1.42. The van der Waals surface area contributed by atoms with Crippen molar-refractivity contribution in [3.8, 4) is 0 Å². The second-order valence-electron chi connectivity index (χ2n) is 10.4. The first kappa shape index (κ1) is 14.6. The van der Waals surface area contributed by atoms with Gasteiger partial charge < -0.3 is 0 Å². The van der Waals surface area contributed by atoms with Crippen LogP contribution in [0, 0.1) is 46.3 Å². The van der Waals surface area contributed by atoms with Crippen molar-refractivity contribution in [2.75, 3.05) is 0 Å². The van der Waals surface area contributed by atoms with Gasteiger partial charge in [-0.3, -0.25) is 0 Å². The van der Waals surface area contributed by atoms with E-state index in [0.717, 1.165) is 47.1 Å². The topological polar surface area (TPSA) is 0 Å². The Labute approximate surface area is 133 Å². The van der Waals surface area contributed by atoms with Gasteiger partial charge in [0.2, 0.25) is 0 Å². The molecule has 117 valence electrons. The summed E-state index contributed by atoms with van der Waals surface area (Å²) in [5.74, 6) is 7.76. The number of fused-ring (bicyclic) bond motifs is 4. The molecule has 4 bridgehead atoms. The molecule has 0 amide bonds. The van der Waals surface area contributed by atoms with Gasteiger partial charge >= 0.3 is 0 Å². The summed E-state index contributed by atoms with van der Waals surface area (Å²) in [5, 5.41) is 0. The Kier molecular flexibility index (Phi) is 3.02. The van der Waals surface area contributed by atoms with E-state index in [0.29, 0.717) is 10.8 Å². The molecule has 0 aromatic rings. The minimum absolute atomic E-state index is 0.645. The lowest BCUT2D eigenvalue weighted by atomic mass is 9.31. The lowest BCUT2D eigenvalue weighted by Gasteiger charge is -2.65. The predicted molar refractivity (Wildman–Crippen MR) is 91.6 cm³/mol. The molecule has 0 aromatic heterocycles. The van der Waals surface area contributed by atoms with E-state index in [1.54, 1.807) is 0 Å². The fourth-order valence-electron chi connectivity index (χ4n) is 7.21. The molecule has 6 saturated carbocycles. The van der Waals surface area contributed by atoms with Crippen LogP contribution in [0.1, 0.15) is 67.2 Å². The third kappa shape index (κ3) is 1.81. The Morgan fingerprint density at radius 2 is 1.05 bits per heavy atom. The lowest BCUT2D eigenvalue weighted by Crippen LogP contribution is -2.57. The van der Waals surface area contributed by atoms with Crippen LogP contribution in [0.5, 0.6) is 0 Å². The lowest BCUT2D eigenvalue weighted by molar-refractivity contribution is -0.106. The Morgan fingerprint density at radius 3 is 1.33 bits per heavy atom. The second kappa shape index (κ2) is 4.32. The second-order valence-corrected chi connectivity index (χ2v) is 10.4. The zero-order valence-corrected chi connectivity index (χ0v) is 15.0. The third-order valence-corrected chi connectivity index (χ3v) is 9.32. The minimum Gasteiger partial charge on any atom is -0.0655 e. The first-order valence-electron chi connectivity index (χ1n) is 9.58. The molecule has 8 atom stereocenters. The zero-order chi connectivity index (χ0) is 15.2. The van der Waals surface area contributed by atoms with Crippen molar-refractivity contribution in [1.29, 1.82) is 0 Å². The maximum Gasteiger partial charge on any atom is 0.118 e. The SMILES string of the molecule is C[C@H]1[C@H]2C[C@@H](C[C@@H]1[B][C@H]1C[C@@H]3C[C@H]([C@@H]1C)C3(C)C)C2(C)C. The molecular weight excluding hydrogens is 251 g/mol. The molecule has 1 radical (unpaired) electrons. The quantitative estimate of drug-likeness (QED) is 0.573. The molecule has 0 aliphatic heterocycles. The van der Waals surface area contributed by atoms with E-state index in [-0.39, 0.29) is 0 Å². The standard InChI is InChI=1S/C20H34B/c1-11-15-7-13(19(15,3)4)9-17(11)21-18-10-14-8-16(12(18)2)20(14,5)6/h11-18H,7-10H2,1-6H3/t11-,12-,13-,14-,15+,16+,17-,18-/m0/s1. The van der Waals surface area contributed by atoms with Crippen LogP contribution in [0.3, 0.4) is 0 Å². The van der Waals surface area contributed by atoms with Gasteiger partial charge in [-0.05, 0) is 59.2 Å². The van der Waals surface area contributed by atoms with Crippen molar-refractivity contribution in [3.05, 3.63) is 0 Å². The highest BCUT2D eigenvalue weighted by Gasteiger charge is 2.59. The average Bonchev–Trinajstić information content (AvgIpc) is 2.41. The zero-order valence-electron chi connectivity index (χ0n) is 15.0.